The molecule has 1 fully saturated rings. The maximum atomic E-state index is 6.43. The van der Waals surface area contributed by atoms with Crippen LogP contribution in [0.4, 0.5) is 23.0 Å². The van der Waals surface area contributed by atoms with Crippen molar-refractivity contribution in [2.45, 2.75) is 16.8 Å². The molecule has 0 unspecified atom stereocenters. The van der Waals surface area contributed by atoms with E-state index in [2.05, 4.69) is 32.3 Å². The lowest BCUT2D eigenvalue weighted by Crippen LogP contribution is -2.36. The van der Waals surface area contributed by atoms with Crippen molar-refractivity contribution in [3.05, 3.63) is 59.2 Å². The van der Waals surface area contributed by atoms with Gasteiger partial charge in [-0.05, 0) is 55.0 Å². The maximum absolute atomic E-state index is 6.43. The fraction of sp³-hybridized carbons (Fsp3) is 0.238. The van der Waals surface area contributed by atoms with Gasteiger partial charge in [0.05, 0.1) is 18.2 Å². The number of anilines is 4. The van der Waals surface area contributed by atoms with E-state index in [0.717, 1.165) is 47.5 Å². The van der Waals surface area contributed by atoms with Gasteiger partial charge in [-0.25, -0.2) is 9.97 Å². The summed E-state index contributed by atoms with van der Waals surface area (Å²) in [7, 11) is 0. The lowest BCUT2D eigenvalue weighted by atomic mass is 10.2. The van der Waals surface area contributed by atoms with Gasteiger partial charge in [-0.3, -0.25) is 0 Å². The molecule has 0 radical (unpaired) electrons. The van der Waals surface area contributed by atoms with Gasteiger partial charge in [0.1, 0.15) is 5.03 Å². The number of rotatable bonds is 5. The van der Waals surface area contributed by atoms with Gasteiger partial charge in [0.15, 0.2) is 0 Å². The lowest BCUT2D eigenvalue weighted by molar-refractivity contribution is 0.122. The molecule has 0 bridgehead atoms. The summed E-state index contributed by atoms with van der Waals surface area (Å²) in [6.45, 7) is 5.30. The Kier molecular flexibility index (Phi) is 6.08. The molecule has 0 spiro atoms. The Bertz CT molecular complexity index is 993. The molecule has 0 atom stereocenters. The molecule has 0 amide bonds. The lowest BCUT2D eigenvalue weighted by Gasteiger charge is -2.28. The molecule has 1 aliphatic rings. The molecule has 8 heteroatoms. The Balaban J connectivity index is 1.46. The second-order valence-corrected chi connectivity index (χ2v) is 8.12. The molecule has 0 aliphatic carbocycles. The van der Waals surface area contributed by atoms with E-state index in [4.69, 9.17) is 22.1 Å². The number of hydrogen-bond donors (Lipinski definition) is 2. The van der Waals surface area contributed by atoms with Gasteiger partial charge >= 0.3 is 0 Å². The zero-order valence-electron chi connectivity index (χ0n) is 16.1. The standard InChI is InChI=1S/C21H22ClN5OS/c1-14-17(23)6-7-18(20(14)22)29-19-8-9-24-21(26-19)25-15-2-4-16(5-3-15)27-10-12-28-13-11-27/h2-9H,10-13,23H2,1H3,(H,24,25,26). The van der Waals surface area contributed by atoms with E-state index in [1.54, 1.807) is 6.20 Å². The van der Waals surface area contributed by atoms with Crippen molar-refractivity contribution in [2.75, 3.05) is 42.3 Å². The van der Waals surface area contributed by atoms with Crippen LogP contribution in [0.5, 0.6) is 0 Å². The van der Waals surface area contributed by atoms with Gasteiger partial charge in [-0.2, -0.15) is 0 Å². The minimum Gasteiger partial charge on any atom is -0.398 e. The molecule has 29 heavy (non-hydrogen) atoms. The molecule has 0 saturated carbocycles. The van der Waals surface area contributed by atoms with Crippen LogP contribution < -0.4 is 16.0 Å². The second-order valence-electron chi connectivity index (χ2n) is 6.68. The fourth-order valence-electron chi connectivity index (χ4n) is 3.03. The Hall–Kier alpha value is -2.48. The third kappa shape index (κ3) is 4.75. The fourth-order valence-corrected chi connectivity index (χ4v) is 4.19. The van der Waals surface area contributed by atoms with Crippen molar-refractivity contribution >= 4 is 46.4 Å². The largest absolute Gasteiger partial charge is 0.398 e. The molecule has 4 rings (SSSR count). The molecule has 1 aliphatic heterocycles. The number of nitrogens with one attached hydrogen (secondary N) is 1. The first-order valence-corrected chi connectivity index (χ1v) is 10.5. The van der Waals surface area contributed by atoms with E-state index in [-0.39, 0.29) is 0 Å². The van der Waals surface area contributed by atoms with Crippen molar-refractivity contribution in [1.29, 1.82) is 0 Å². The summed E-state index contributed by atoms with van der Waals surface area (Å²) in [5, 5.41) is 4.72. The van der Waals surface area contributed by atoms with Crippen LogP contribution in [0.2, 0.25) is 5.02 Å². The van der Waals surface area contributed by atoms with Crippen molar-refractivity contribution in [3.8, 4) is 0 Å². The van der Waals surface area contributed by atoms with Crippen molar-refractivity contribution in [1.82, 2.24) is 9.97 Å². The van der Waals surface area contributed by atoms with Crippen molar-refractivity contribution in [3.63, 3.8) is 0 Å². The SMILES string of the molecule is Cc1c(N)ccc(Sc2ccnc(Nc3ccc(N4CCOCC4)cc3)n2)c1Cl. The molecule has 1 saturated heterocycles. The number of halogens is 1. The number of hydrogen-bond acceptors (Lipinski definition) is 7. The van der Waals surface area contributed by atoms with E-state index < -0.39 is 0 Å². The maximum Gasteiger partial charge on any atom is 0.228 e. The smallest absolute Gasteiger partial charge is 0.228 e. The Morgan fingerprint density at radius 1 is 1.10 bits per heavy atom. The summed E-state index contributed by atoms with van der Waals surface area (Å²) in [6, 6.07) is 13.9. The molecule has 2 heterocycles. The molecule has 1 aromatic heterocycles. The van der Waals surface area contributed by atoms with E-state index in [1.165, 1.54) is 17.4 Å². The molecule has 3 aromatic rings. The topological polar surface area (TPSA) is 76.3 Å². The van der Waals surface area contributed by atoms with Crippen LogP contribution in [0.25, 0.3) is 0 Å². The summed E-state index contributed by atoms with van der Waals surface area (Å²) in [4.78, 5) is 12.2. The van der Waals surface area contributed by atoms with Crippen LogP contribution in [0.3, 0.4) is 0 Å². The van der Waals surface area contributed by atoms with Crippen LogP contribution >= 0.6 is 23.4 Å². The summed E-state index contributed by atoms with van der Waals surface area (Å²) < 4.78 is 5.41. The van der Waals surface area contributed by atoms with E-state index in [0.29, 0.717) is 16.7 Å². The average Bonchev–Trinajstić information content (AvgIpc) is 2.76. The highest BCUT2D eigenvalue weighted by molar-refractivity contribution is 7.99. The number of ether oxygens (including phenoxy) is 1. The third-order valence-electron chi connectivity index (χ3n) is 4.74. The highest BCUT2D eigenvalue weighted by atomic mass is 35.5. The van der Waals surface area contributed by atoms with Crippen LogP contribution in [-0.2, 0) is 4.74 Å². The highest BCUT2D eigenvalue weighted by Gasteiger charge is 2.12. The summed E-state index contributed by atoms with van der Waals surface area (Å²) >= 11 is 7.91. The minimum absolute atomic E-state index is 0.539. The number of morpholine rings is 1. The number of benzene rings is 2. The normalized spacial score (nSPS) is 14.1. The minimum atomic E-state index is 0.539. The predicted molar refractivity (Wildman–Crippen MR) is 120 cm³/mol. The second kappa shape index (κ2) is 8.90. The average molecular weight is 428 g/mol. The first-order valence-electron chi connectivity index (χ1n) is 9.35. The third-order valence-corrected chi connectivity index (χ3v) is 6.33. The first kappa shape index (κ1) is 19.8. The van der Waals surface area contributed by atoms with Gasteiger partial charge in [0.2, 0.25) is 5.95 Å². The van der Waals surface area contributed by atoms with E-state index in [1.807, 2.05) is 37.3 Å². The molecule has 6 nitrogen and oxygen atoms in total. The summed E-state index contributed by atoms with van der Waals surface area (Å²) in [5.74, 6) is 0.539. The van der Waals surface area contributed by atoms with Crippen LogP contribution in [-0.4, -0.2) is 36.3 Å². The molecule has 2 aromatic carbocycles. The van der Waals surface area contributed by atoms with Crippen LogP contribution in [0, 0.1) is 6.92 Å². The van der Waals surface area contributed by atoms with Crippen molar-refractivity contribution in [2.24, 2.45) is 0 Å². The number of aromatic nitrogens is 2. The Morgan fingerprint density at radius 2 is 1.86 bits per heavy atom. The molecular weight excluding hydrogens is 406 g/mol. The zero-order chi connectivity index (χ0) is 20.2. The number of nitrogens with zero attached hydrogens (tertiary/aromatic N) is 3. The van der Waals surface area contributed by atoms with Gasteiger partial charge < -0.3 is 20.7 Å². The summed E-state index contributed by atoms with van der Waals surface area (Å²) in [5.41, 5.74) is 9.60. The van der Waals surface area contributed by atoms with Gasteiger partial charge in [-0.15, -0.1) is 0 Å². The predicted octanol–water partition coefficient (Wildman–Crippen LogP) is 4.75. The zero-order valence-corrected chi connectivity index (χ0v) is 17.6. The van der Waals surface area contributed by atoms with Gasteiger partial charge in [0, 0.05) is 41.2 Å². The van der Waals surface area contributed by atoms with Crippen LogP contribution in [0.15, 0.2) is 58.6 Å². The Labute approximate surface area is 179 Å². The molecular formula is C21H22ClN5OS. The quantitative estimate of drug-likeness (QED) is 0.449. The van der Waals surface area contributed by atoms with Gasteiger partial charge in [-0.1, -0.05) is 23.4 Å². The van der Waals surface area contributed by atoms with E-state index >= 15 is 0 Å². The first-order chi connectivity index (χ1) is 14.1. The van der Waals surface area contributed by atoms with Crippen molar-refractivity contribution < 1.29 is 4.74 Å². The monoisotopic (exact) mass is 427 g/mol. The molecule has 3 N–H and O–H groups in total. The number of nitrogen functional groups attached to an aromatic ring is 1. The molecule has 150 valence electrons. The number of nitrogens with two attached hydrogens (primary N) is 1. The summed E-state index contributed by atoms with van der Waals surface area (Å²) in [6.07, 6.45) is 1.73. The van der Waals surface area contributed by atoms with Gasteiger partial charge in [0.25, 0.3) is 0 Å². The van der Waals surface area contributed by atoms with Crippen LogP contribution in [0.1, 0.15) is 5.56 Å². The highest BCUT2D eigenvalue weighted by Crippen LogP contribution is 2.36. The van der Waals surface area contributed by atoms with E-state index in [9.17, 15) is 0 Å². The Morgan fingerprint density at radius 3 is 2.62 bits per heavy atom.